The fourth-order valence-corrected chi connectivity index (χ4v) is 1.63. The second-order valence-corrected chi connectivity index (χ2v) is 5.18. The van der Waals surface area contributed by atoms with Gasteiger partial charge in [0.1, 0.15) is 0 Å². The zero-order chi connectivity index (χ0) is 12.6. The quantitative estimate of drug-likeness (QED) is 0.670. The minimum atomic E-state index is -0.251. The molecule has 0 saturated carbocycles. The third-order valence-electron chi connectivity index (χ3n) is 3.32. The Kier molecular flexibility index (Phi) is 7.39. The van der Waals surface area contributed by atoms with Gasteiger partial charge in [-0.2, -0.15) is 0 Å². The molecule has 0 heterocycles. The molecule has 0 aromatic rings. The maximum Gasteiger partial charge on any atom is 0.225 e. The van der Waals surface area contributed by atoms with Crippen molar-refractivity contribution in [3.05, 3.63) is 0 Å². The summed E-state index contributed by atoms with van der Waals surface area (Å²) in [4.78, 5) is 11.9. The first kappa shape index (κ1) is 15.4. The van der Waals surface area contributed by atoms with Crippen molar-refractivity contribution < 1.29 is 4.79 Å². The Morgan fingerprint density at radius 1 is 1.31 bits per heavy atom. The monoisotopic (exact) mass is 228 g/mol. The standard InChI is InChI=1S/C13H28N2O/c1-5-7-11(8-9-14)10-15-12(16)13(3,4)6-2/h11H,5-10,14H2,1-4H3,(H,15,16). The maximum atomic E-state index is 11.9. The van der Waals surface area contributed by atoms with E-state index in [1.165, 1.54) is 0 Å². The molecule has 0 fully saturated rings. The molecular formula is C13H28N2O. The average molecular weight is 228 g/mol. The molecule has 0 aliphatic heterocycles. The number of carbonyl (C=O) groups excluding carboxylic acids is 1. The van der Waals surface area contributed by atoms with E-state index in [-0.39, 0.29) is 11.3 Å². The van der Waals surface area contributed by atoms with Crippen LogP contribution in [0, 0.1) is 11.3 Å². The molecule has 1 atom stereocenters. The Labute approximate surface area is 100 Å². The lowest BCUT2D eigenvalue weighted by Crippen LogP contribution is -2.39. The number of rotatable bonds is 8. The van der Waals surface area contributed by atoms with Crippen molar-refractivity contribution in [2.45, 2.75) is 53.4 Å². The smallest absolute Gasteiger partial charge is 0.225 e. The number of hydrogen-bond donors (Lipinski definition) is 2. The molecule has 3 N–H and O–H groups in total. The van der Waals surface area contributed by atoms with Gasteiger partial charge in [-0.15, -0.1) is 0 Å². The summed E-state index contributed by atoms with van der Waals surface area (Å²) in [6.45, 7) is 9.66. The molecule has 0 aromatic carbocycles. The number of nitrogens with one attached hydrogen (secondary N) is 1. The molecule has 0 spiro atoms. The molecule has 16 heavy (non-hydrogen) atoms. The first-order valence-electron chi connectivity index (χ1n) is 6.46. The summed E-state index contributed by atoms with van der Waals surface area (Å²) in [5.41, 5.74) is 5.31. The lowest BCUT2D eigenvalue weighted by molar-refractivity contribution is -0.129. The number of nitrogens with two attached hydrogens (primary N) is 1. The van der Waals surface area contributed by atoms with Gasteiger partial charge in [-0.25, -0.2) is 0 Å². The maximum absolute atomic E-state index is 11.9. The third kappa shape index (κ3) is 5.50. The van der Waals surface area contributed by atoms with Crippen LogP contribution in [-0.2, 0) is 4.79 Å². The van der Waals surface area contributed by atoms with Crippen molar-refractivity contribution in [1.29, 1.82) is 0 Å². The Balaban J connectivity index is 4.04. The van der Waals surface area contributed by atoms with E-state index in [0.29, 0.717) is 12.5 Å². The summed E-state index contributed by atoms with van der Waals surface area (Å²) in [6.07, 6.45) is 4.16. The van der Waals surface area contributed by atoms with Gasteiger partial charge in [-0.3, -0.25) is 4.79 Å². The lowest BCUT2D eigenvalue weighted by atomic mass is 9.89. The van der Waals surface area contributed by atoms with Gasteiger partial charge in [-0.1, -0.05) is 34.1 Å². The van der Waals surface area contributed by atoms with E-state index >= 15 is 0 Å². The first-order chi connectivity index (χ1) is 7.47. The van der Waals surface area contributed by atoms with Crippen molar-refractivity contribution in [1.82, 2.24) is 5.32 Å². The predicted octanol–water partition coefficient (Wildman–Crippen LogP) is 2.30. The molecule has 0 aliphatic rings. The van der Waals surface area contributed by atoms with Gasteiger partial charge in [0, 0.05) is 12.0 Å². The second-order valence-electron chi connectivity index (χ2n) is 5.18. The van der Waals surface area contributed by atoms with Crippen molar-refractivity contribution >= 4 is 5.91 Å². The zero-order valence-corrected chi connectivity index (χ0v) is 11.3. The first-order valence-corrected chi connectivity index (χ1v) is 6.46. The molecule has 3 heteroatoms. The Morgan fingerprint density at radius 2 is 1.94 bits per heavy atom. The van der Waals surface area contributed by atoms with Crippen LogP contribution in [0.25, 0.3) is 0 Å². The van der Waals surface area contributed by atoms with Gasteiger partial charge in [0.05, 0.1) is 0 Å². The summed E-state index contributed by atoms with van der Waals surface area (Å²) in [6, 6.07) is 0. The molecule has 0 saturated heterocycles. The highest BCUT2D eigenvalue weighted by atomic mass is 16.2. The van der Waals surface area contributed by atoms with Gasteiger partial charge in [0.25, 0.3) is 0 Å². The normalized spacial score (nSPS) is 13.6. The highest BCUT2D eigenvalue weighted by molar-refractivity contribution is 5.81. The number of carbonyl (C=O) groups is 1. The minimum Gasteiger partial charge on any atom is -0.355 e. The van der Waals surface area contributed by atoms with E-state index in [0.717, 1.165) is 32.2 Å². The highest BCUT2D eigenvalue weighted by Gasteiger charge is 2.25. The van der Waals surface area contributed by atoms with Crippen LogP contribution < -0.4 is 11.1 Å². The van der Waals surface area contributed by atoms with Crippen molar-refractivity contribution in [2.24, 2.45) is 17.1 Å². The van der Waals surface area contributed by atoms with E-state index in [1.807, 2.05) is 20.8 Å². The van der Waals surface area contributed by atoms with E-state index in [2.05, 4.69) is 12.2 Å². The predicted molar refractivity (Wildman–Crippen MR) is 69.2 cm³/mol. The molecule has 3 nitrogen and oxygen atoms in total. The molecule has 0 bridgehead atoms. The zero-order valence-electron chi connectivity index (χ0n) is 11.3. The molecule has 0 radical (unpaired) electrons. The van der Waals surface area contributed by atoms with Crippen LogP contribution in [0.3, 0.4) is 0 Å². The second kappa shape index (κ2) is 7.66. The van der Waals surface area contributed by atoms with E-state index in [4.69, 9.17) is 5.73 Å². The Bertz CT molecular complexity index is 196. The van der Waals surface area contributed by atoms with Crippen LogP contribution in [0.2, 0.25) is 0 Å². The molecule has 96 valence electrons. The van der Waals surface area contributed by atoms with E-state index < -0.39 is 0 Å². The van der Waals surface area contributed by atoms with Gasteiger partial charge in [0.15, 0.2) is 0 Å². The van der Waals surface area contributed by atoms with E-state index in [9.17, 15) is 4.79 Å². The summed E-state index contributed by atoms with van der Waals surface area (Å²) < 4.78 is 0. The molecule has 0 aromatic heterocycles. The lowest BCUT2D eigenvalue weighted by Gasteiger charge is -2.24. The highest BCUT2D eigenvalue weighted by Crippen LogP contribution is 2.19. The van der Waals surface area contributed by atoms with Crippen LogP contribution in [0.1, 0.15) is 53.4 Å². The number of hydrogen-bond acceptors (Lipinski definition) is 2. The summed E-state index contributed by atoms with van der Waals surface area (Å²) in [5.74, 6) is 0.694. The van der Waals surface area contributed by atoms with Crippen LogP contribution >= 0.6 is 0 Å². The van der Waals surface area contributed by atoms with Crippen molar-refractivity contribution in [3.8, 4) is 0 Å². The van der Waals surface area contributed by atoms with Crippen LogP contribution in [0.5, 0.6) is 0 Å². The van der Waals surface area contributed by atoms with Gasteiger partial charge >= 0.3 is 0 Å². The van der Waals surface area contributed by atoms with Crippen molar-refractivity contribution in [2.75, 3.05) is 13.1 Å². The van der Waals surface area contributed by atoms with E-state index in [1.54, 1.807) is 0 Å². The molecule has 1 unspecified atom stereocenters. The summed E-state index contributed by atoms with van der Waals surface area (Å²) in [5, 5.41) is 3.05. The van der Waals surface area contributed by atoms with Gasteiger partial charge in [0.2, 0.25) is 5.91 Å². The largest absolute Gasteiger partial charge is 0.355 e. The topological polar surface area (TPSA) is 55.1 Å². The van der Waals surface area contributed by atoms with Gasteiger partial charge < -0.3 is 11.1 Å². The van der Waals surface area contributed by atoms with Crippen LogP contribution in [0.15, 0.2) is 0 Å². The molecule has 0 aliphatic carbocycles. The SMILES string of the molecule is CCCC(CCN)CNC(=O)C(C)(C)CC. The summed E-state index contributed by atoms with van der Waals surface area (Å²) >= 11 is 0. The molecule has 1 amide bonds. The minimum absolute atomic E-state index is 0.160. The van der Waals surface area contributed by atoms with Crippen LogP contribution in [0.4, 0.5) is 0 Å². The fraction of sp³-hybridized carbons (Fsp3) is 0.923. The third-order valence-corrected chi connectivity index (χ3v) is 3.32. The molecular weight excluding hydrogens is 200 g/mol. The fourth-order valence-electron chi connectivity index (χ4n) is 1.63. The Hall–Kier alpha value is -0.570. The molecule has 0 rings (SSSR count). The Morgan fingerprint density at radius 3 is 2.38 bits per heavy atom. The van der Waals surface area contributed by atoms with Gasteiger partial charge in [-0.05, 0) is 31.7 Å². The number of amides is 1. The summed E-state index contributed by atoms with van der Waals surface area (Å²) in [7, 11) is 0. The average Bonchev–Trinajstić information content (AvgIpc) is 2.26. The van der Waals surface area contributed by atoms with Crippen molar-refractivity contribution in [3.63, 3.8) is 0 Å². The van der Waals surface area contributed by atoms with Crippen LogP contribution in [-0.4, -0.2) is 19.0 Å².